The fourth-order valence-corrected chi connectivity index (χ4v) is 2.66. The second-order valence-corrected chi connectivity index (χ2v) is 5.27. The summed E-state index contributed by atoms with van der Waals surface area (Å²) in [7, 11) is 0. The largest absolute Gasteiger partial charge is 0.478 e. The summed E-state index contributed by atoms with van der Waals surface area (Å²) < 4.78 is 0. The summed E-state index contributed by atoms with van der Waals surface area (Å²) in [6, 6.07) is 0. The highest BCUT2D eigenvalue weighted by atomic mass is 16.4. The molecule has 0 heterocycles. The number of hydrogen-bond acceptors (Lipinski definition) is 1. The van der Waals surface area contributed by atoms with E-state index in [2.05, 4.69) is 6.08 Å². The lowest BCUT2D eigenvalue weighted by atomic mass is 9.85. The van der Waals surface area contributed by atoms with Gasteiger partial charge in [-0.3, -0.25) is 0 Å². The normalized spacial score (nSPS) is 17.8. The summed E-state index contributed by atoms with van der Waals surface area (Å²) in [5.74, 6) is 0.125. The van der Waals surface area contributed by atoms with Crippen molar-refractivity contribution >= 4 is 5.97 Å². The van der Waals surface area contributed by atoms with Crippen molar-refractivity contribution in [3.05, 3.63) is 24.3 Å². The first-order valence-corrected chi connectivity index (χ1v) is 7.35. The average molecular weight is 250 g/mol. The number of rotatable bonds is 8. The summed E-state index contributed by atoms with van der Waals surface area (Å²) >= 11 is 0. The van der Waals surface area contributed by atoms with E-state index >= 15 is 0 Å². The van der Waals surface area contributed by atoms with Gasteiger partial charge in [-0.15, -0.1) is 0 Å². The third-order valence-corrected chi connectivity index (χ3v) is 3.69. The Morgan fingerprint density at radius 3 is 2.56 bits per heavy atom. The Kier molecular flexibility index (Phi) is 8.28. The van der Waals surface area contributed by atoms with E-state index in [4.69, 9.17) is 5.11 Å². The molecule has 0 radical (unpaired) electrons. The van der Waals surface area contributed by atoms with Crippen molar-refractivity contribution in [1.82, 2.24) is 0 Å². The van der Waals surface area contributed by atoms with Crippen molar-refractivity contribution < 1.29 is 9.90 Å². The van der Waals surface area contributed by atoms with Crippen LogP contribution in [0, 0.1) is 5.92 Å². The van der Waals surface area contributed by atoms with Gasteiger partial charge in [-0.1, -0.05) is 69.6 Å². The molecule has 0 amide bonds. The van der Waals surface area contributed by atoms with E-state index in [0.29, 0.717) is 0 Å². The van der Waals surface area contributed by atoms with Gasteiger partial charge in [-0.25, -0.2) is 4.79 Å². The summed E-state index contributed by atoms with van der Waals surface area (Å²) in [6.45, 7) is 0. The maximum absolute atomic E-state index is 10.2. The van der Waals surface area contributed by atoms with Crippen LogP contribution in [0.15, 0.2) is 24.3 Å². The smallest absolute Gasteiger partial charge is 0.328 e. The third-order valence-electron chi connectivity index (χ3n) is 3.69. The summed E-state index contributed by atoms with van der Waals surface area (Å²) in [6.07, 6.45) is 20.3. The van der Waals surface area contributed by atoms with E-state index < -0.39 is 5.97 Å². The van der Waals surface area contributed by atoms with Crippen LogP contribution < -0.4 is 0 Å². The van der Waals surface area contributed by atoms with E-state index in [9.17, 15) is 4.79 Å². The quantitative estimate of drug-likeness (QED) is 0.384. The molecular formula is C16H26O2. The van der Waals surface area contributed by atoms with Gasteiger partial charge < -0.3 is 5.11 Å². The molecule has 1 aliphatic carbocycles. The number of aliphatic carboxylic acids is 1. The van der Waals surface area contributed by atoms with Crippen LogP contribution in [0.2, 0.25) is 0 Å². The highest BCUT2D eigenvalue weighted by Gasteiger charge is 2.12. The summed E-state index contributed by atoms with van der Waals surface area (Å²) in [4.78, 5) is 10.2. The molecule has 1 aliphatic rings. The summed E-state index contributed by atoms with van der Waals surface area (Å²) in [5, 5.41) is 8.39. The molecule has 1 rings (SSSR count). The zero-order valence-corrected chi connectivity index (χ0v) is 11.3. The Bertz CT molecular complexity index is 273. The maximum atomic E-state index is 10.2. The zero-order valence-electron chi connectivity index (χ0n) is 11.3. The fraction of sp³-hybridized carbons (Fsp3) is 0.688. The molecule has 0 atom stereocenters. The number of carboxylic acid groups (broad SMARTS) is 1. The first kappa shape index (κ1) is 15.0. The van der Waals surface area contributed by atoms with E-state index in [1.165, 1.54) is 63.9 Å². The van der Waals surface area contributed by atoms with Crippen LogP contribution in [0.4, 0.5) is 0 Å². The van der Waals surface area contributed by atoms with Crippen LogP contribution in [0.25, 0.3) is 0 Å². The maximum Gasteiger partial charge on any atom is 0.328 e. The van der Waals surface area contributed by atoms with Gasteiger partial charge in [0.05, 0.1) is 0 Å². The van der Waals surface area contributed by atoms with E-state index in [0.717, 1.165) is 12.3 Å². The minimum Gasteiger partial charge on any atom is -0.478 e. The van der Waals surface area contributed by atoms with Gasteiger partial charge >= 0.3 is 5.97 Å². The van der Waals surface area contributed by atoms with Crippen molar-refractivity contribution in [3.63, 3.8) is 0 Å². The second-order valence-electron chi connectivity index (χ2n) is 5.27. The molecule has 0 saturated heterocycles. The Labute approximate surface area is 111 Å². The van der Waals surface area contributed by atoms with Gasteiger partial charge in [0.25, 0.3) is 0 Å². The SMILES string of the molecule is O=C(O)/C=C/C=C/CCCCCC1CCCCC1. The molecule has 0 aliphatic heterocycles. The van der Waals surface area contributed by atoms with Gasteiger partial charge in [0.15, 0.2) is 0 Å². The Morgan fingerprint density at radius 1 is 1.06 bits per heavy atom. The number of unbranched alkanes of at least 4 members (excludes halogenated alkanes) is 3. The van der Waals surface area contributed by atoms with Crippen molar-refractivity contribution in [2.24, 2.45) is 5.92 Å². The molecule has 0 unspecified atom stereocenters. The standard InChI is InChI=1S/C16H26O2/c17-16(18)14-10-5-3-1-2-4-7-11-15-12-8-6-9-13-15/h3,5,10,14-15H,1-2,4,6-9,11-13H2,(H,17,18)/b5-3+,14-10+. The van der Waals surface area contributed by atoms with Crippen molar-refractivity contribution in [2.45, 2.75) is 64.2 Å². The van der Waals surface area contributed by atoms with Gasteiger partial charge in [-0.2, -0.15) is 0 Å². The molecule has 1 N–H and O–H groups in total. The minimum absolute atomic E-state index is 0.882. The zero-order chi connectivity index (χ0) is 13.1. The predicted octanol–water partition coefficient (Wildman–Crippen LogP) is 4.71. The first-order valence-electron chi connectivity index (χ1n) is 7.35. The van der Waals surface area contributed by atoms with Crippen molar-refractivity contribution in [3.8, 4) is 0 Å². The number of allylic oxidation sites excluding steroid dienone is 3. The van der Waals surface area contributed by atoms with Gasteiger partial charge in [0.2, 0.25) is 0 Å². The van der Waals surface area contributed by atoms with Crippen LogP contribution >= 0.6 is 0 Å². The van der Waals surface area contributed by atoms with Gasteiger partial charge in [0.1, 0.15) is 0 Å². The fourth-order valence-electron chi connectivity index (χ4n) is 2.66. The molecule has 0 aromatic rings. The monoisotopic (exact) mass is 250 g/mol. The second kappa shape index (κ2) is 9.93. The molecule has 2 nitrogen and oxygen atoms in total. The Morgan fingerprint density at radius 2 is 1.83 bits per heavy atom. The van der Waals surface area contributed by atoms with Crippen LogP contribution in [-0.2, 0) is 4.79 Å². The molecule has 102 valence electrons. The Hall–Kier alpha value is -1.05. The molecular weight excluding hydrogens is 224 g/mol. The highest BCUT2D eigenvalue weighted by Crippen LogP contribution is 2.27. The van der Waals surface area contributed by atoms with Crippen LogP contribution in [0.5, 0.6) is 0 Å². The third kappa shape index (κ3) is 8.10. The lowest BCUT2D eigenvalue weighted by Crippen LogP contribution is -2.05. The minimum atomic E-state index is -0.882. The lowest BCUT2D eigenvalue weighted by Gasteiger charge is -2.21. The van der Waals surface area contributed by atoms with E-state index in [1.807, 2.05) is 6.08 Å². The predicted molar refractivity (Wildman–Crippen MR) is 75.6 cm³/mol. The lowest BCUT2D eigenvalue weighted by molar-refractivity contribution is -0.131. The first-order chi connectivity index (χ1) is 8.79. The highest BCUT2D eigenvalue weighted by molar-refractivity contribution is 5.80. The number of carboxylic acids is 1. The average Bonchev–Trinajstić information content (AvgIpc) is 2.37. The van der Waals surface area contributed by atoms with Gasteiger partial charge in [-0.05, 0) is 18.8 Å². The van der Waals surface area contributed by atoms with Crippen molar-refractivity contribution in [2.75, 3.05) is 0 Å². The molecule has 18 heavy (non-hydrogen) atoms. The molecule has 2 heteroatoms. The number of carbonyl (C=O) groups is 1. The number of hydrogen-bond donors (Lipinski definition) is 1. The molecule has 0 bridgehead atoms. The van der Waals surface area contributed by atoms with Crippen LogP contribution in [-0.4, -0.2) is 11.1 Å². The Balaban J connectivity index is 1.90. The van der Waals surface area contributed by atoms with E-state index in [1.54, 1.807) is 6.08 Å². The van der Waals surface area contributed by atoms with Crippen molar-refractivity contribution in [1.29, 1.82) is 0 Å². The molecule has 0 spiro atoms. The topological polar surface area (TPSA) is 37.3 Å². The molecule has 0 aromatic carbocycles. The van der Waals surface area contributed by atoms with Gasteiger partial charge in [0, 0.05) is 6.08 Å². The summed E-state index contributed by atoms with van der Waals surface area (Å²) in [5.41, 5.74) is 0. The van der Waals surface area contributed by atoms with Crippen LogP contribution in [0.3, 0.4) is 0 Å². The van der Waals surface area contributed by atoms with E-state index in [-0.39, 0.29) is 0 Å². The van der Waals surface area contributed by atoms with Crippen LogP contribution in [0.1, 0.15) is 64.2 Å². The molecule has 1 saturated carbocycles. The molecule has 0 aromatic heterocycles. The molecule has 1 fully saturated rings.